The zero-order valence-electron chi connectivity index (χ0n) is 12.8. The van der Waals surface area contributed by atoms with E-state index in [0.717, 1.165) is 35.8 Å². The summed E-state index contributed by atoms with van der Waals surface area (Å²) in [6.45, 7) is 1.88. The van der Waals surface area contributed by atoms with Gasteiger partial charge < -0.3 is 10.6 Å². The van der Waals surface area contributed by atoms with Crippen molar-refractivity contribution < 1.29 is 4.79 Å². The quantitative estimate of drug-likeness (QED) is 0.879. The van der Waals surface area contributed by atoms with E-state index in [4.69, 9.17) is 0 Å². The number of carbonyl (C=O) groups excluding carboxylic acids is 1. The molecule has 1 aromatic rings. The summed E-state index contributed by atoms with van der Waals surface area (Å²) >= 11 is 0. The Bertz CT molecular complexity index is 604. The highest BCUT2D eigenvalue weighted by molar-refractivity contribution is 6.23. The van der Waals surface area contributed by atoms with Crippen molar-refractivity contribution in [3.8, 4) is 0 Å². The van der Waals surface area contributed by atoms with Crippen molar-refractivity contribution in [3.05, 3.63) is 35.4 Å². The Hall–Kier alpha value is -1.52. The number of hydrogen-bond acceptors (Lipinski definition) is 3. The number of rotatable bonds is 2. The van der Waals surface area contributed by atoms with E-state index in [1.54, 1.807) is 0 Å². The third-order valence-electron chi connectivity index (χ3n) is 5.33. The molecule has 2 unspecified atom stereocenters. The van der Waals surface area contributed by atoms with Crippen LogP contribution in [0, 0.1) is 5.92 Å². The van der Waals surface area contributed by atoms with Gasteiger partial charge in [0.2, 0.25) is 0 Å². The van der Waals surface area contributed by atoms with Crippen LogP contribution in [0.2, 0.25) is 0 Å². The third kappa shape index (κ3) is 2.50. The maximum atomic E-state index is 12.1. The predicted octanol–water partition coefficient (Wildman–Crippen LogP) is 2.14. The van der Waals surface area contributed by atoms with Crippen LogP contribution in [-0.4, -0.2) is 36.8 Å². The molecule has 4 nitrogen and oxygen atoms in total. The van der Waals surface area contributed by atoms with Gasteiger partial charge in [-0.05, 0) is 24.8 Å². The number of aliphatic imine (C=N–C) groups is 1. The first-order chi connectivity index (χ1) is 10.8. The van der Waals surface area contributed by atoms with Crippen molar-refractivity contribution in [1.82, 2.24) is 10.6 Å². The fourth-order valence-corrected chi connectivity index (χ4v) is 4.16. The predicted molar refractivity (Wildman–Crippen MR) is 87.5 cm³/mol. The van der Waals surface area contributed by atoms with Crippen LogP contribution in [0.25, 0.3) is 0 Å². The van der Waals surface area contributed by atoms with Gasteiger partial charge in [0.05, 0.1) is 17.3 Å². The molecule has 4 rings (SSSR count). The maximum Gasteiger partial charge on any atom is 0.277 e. The van der Waals surface area contributed by atoms with Gasteiger partial charge in [0.25, 0.3) is 5.91 Å². The second-order valence-corrected chi connectivity index (χ2v) is 6.73. The van der Waals surface area contributed by atoms with Crippen LogP contribution in [0.5, 0.6) is 0 Å². The molecule has 1 saturated heterocycles. The molecule has 0 spiro atoms. The van der Waals surface area contributed by atoms with Gasteiger partial charge in [-0.1, -0.05) is 37.5 Å². The Labute approximate surface area is 131 Å². The number of fused-ring (bicyclic) bond motifs is 1. The average Bonchev–Trinajstić information content (AvgIpc) is 2.93. The minimum Gasteiger partial charge on any atom is -0.313 e. The molecular weight excluding hydrogens is 274 g/mol. The van der Waals surface area contributed by atoms with Crippen LogP contribution in [0.4, 0.5) is 0 Å². The van der Waals surface area contributed by atoms with Crippen LogP contribution in [-0.2, 0) is 0 Å². The Kier molecular flexibility index (Phi) is 3.80. The normalized spacial score (nSPS) is 29.3. The molecule has 2 aliphatic heterocycles. The lowest BCUT2D eigenvalue weighted by Gasteiger charge is -2.38. The Morgan fingerprint density at radius 1 is 1.00 bits per heavy atom. The van der Waals surface area contributed by atoms with Crippen molar-refractivity contribution in [2.24, 2.45) is 10.9 Å². The maximum absolute atomic E-state index is 12.1. The minimum absolute atomic E-state index is 0.0906. The first-order valence-corrected chi connectivity index (χ1v) is 8.52. The molecule has 0 aromatic heterocycles. The van der Waals surface area contributed by atoms with Gasteiger partial charge in [0.15, 0.2) is 0 Å². The van der Waals surface area contributed by atoms with Gasteiger partial charge in [-0.15, -0.1) is 0 Å². The fourth-order valence-electron chi connectivity index (χ4n) is 4.16. The van der Waals surface area contributed by atoms with Crippen molar-refractivity contribution in [2.45, 2.75) is 44.2 Å². The number of piperazine rings is 1. The Morgan fingerprint density at radius 3 is 2.59 bits per heavy atom. The average molecular weight is 297 g/mol. The lowest BCUT2D eigenvalue weighted by molar-refractivity contribution is 0.101. The van der Waals surface area contributed by atoms with E-state index in [-0.39, 0.29) is 11.9 Å². The second-order valence-electron chi connectivity index (χ2n) is 6.73. The van der Waals surface area contributed by atoms with Gasteiger partial charge in [0.1, 0.15) is 0 Å². The summed E-state index contributed by atoms with van der Waals surface area (Å²) in [6.07, 6.45) is 6.75. The van der Waals surface area contributed by atoms with Crippen LogP contribution in [0.15, 0.2) is 29.3 Å². The molecule has 0 bridgehead atoms. The molecule has 1 aromatic carbocycles. The van der Waals surface area contributed by atoms with Crippen molar-refractivity contribution >= 4 is 11.6 Å². The molecule has 2 atom stereocenters. The fraction of sp³-hybridized carbons (Fsp3) is 0.556. The van der Waals surface area contributed by atoms with Gasteiger partial charge in [-0.2, -0.15) is 0 Å². The monoisotopic (exact) mass is 297 g/mol. The van der Waals surface area contributed by atoms with E-state index < -0.39 is 0 Å². The molecule has 116 valence electrons. The molecule has 2 heterocycles. The van der Waals surface area contributed by atoms with Gasteiger partial charge in [-0.25, -0.2) is 4.99 Å². The van der Waals surface area contributed by atoms with E-state index >= 15 is 0 Å². The molecular formula is C18H23N3O. The molecule has 22 heavy (non-hydrogen) atoms. The van der Waals surface area contributed by atoms with E-state index in [0.29, 0.717) is 6.04 Å². The van der Waals surface area contributed by atoms with E-state index in [2.05, 4.69) is 15.6 Å². The zero-order chi connectivity index (χ0) is 14.9. The van der Waals surface area contributed by atoms with E-state index in [9.17, 15) is 4.79 Å². The summed E-state index contributed by atoms with van der Waals surface area (Å²) in [5.41, 5.74) is 2.68. The standard InChI is InChI=1S/C18H23N3O/c22-18-14-9-5-4-8-13(14)17(21-18)16-11-19-10-15(20-16)12-6-2-1-3-7-12/h4-5,8-9,12,15-16,19-20H,1-3,6-7,10-11H2. The lowest BCUT2D eigenvalue weighted by atomic mass is 9.82. The number of nitrogens with zero attached hydrogens (tertiary/aromatic N) is 1. The highest BCUT2D eigenvalue weighted by Gasteiger charge is 2.34. The van der Waals surface area contributed by atoms with Crippen molar-refractivity contribution in [3.63, 3.8) is 0 Å². The molecule has 0 radical (unpaired) electrons. The summed E-state index contributed by atoms with van der Waals surface area (Å²) in [5.74, 6) is 0.671. The second kappa shape index (κ2) is 5.94. The highest BCUT2D eigenvalue weighted by Crippen LogP contribution is 2.28. The summed E-state index contributed by atoms with van der Waals surface area (Å²) in [6, 6.07) is 8.44. The van der Waals surface area contributed by atoms with Crippen LogP contribution in [0.3, 0.4) is 0 Å². The number of benzene rings is 1. The van der Waals surface area contributed by atoms with Crippen LogP contribution in [0.1, 0.15) is 48.0 Å². The zero-order valence-corrected chi connectivity index (χ0v) is 12.8. The topological polar surface area (TPSA) is 53.5 Å². The molecule has 3 aliphatic rings. The van der Waals surface area contributed by atoms with Crippen molar-refractivity contribution in [1.29, 1.82) is 0 Å². The summed E-state index contributed by atoms with van der Waals surface area (Å²) in [5, 5.41) is 7.33. The smallest absolute Gasteiger partial charge is 0.277 e. The first-order valence-electron chi connectivity index (χ1n) is 8.52. The largest absolute Gasteiger partial charge is 0.313 e. The molecule has 4 heteroatoms. The third-order valence-corrected chi connectivity index (χ3v) is 5.33. The SMILES string of the molecule is O=C1N=C(C2CNCC(C3CCCCC3)N2)c2ccccc21. The first kappa shape index (κ1) is 14.1. The number of hydrogen-bond donors (Lipinski definition) is 2. The summed E-state index contributed by atoms with van der Waals surface area (Å²) < 4.78 is 0. The van der Waals surface area contributed by atoms with Gasteiger partial charge in [-0.3, -0.25) is 4.79 Å². The number of nitrogens with one attached hydrogen (secondary N) is 2. The Morgan fingerprint density at radius 2 is 1.77 bits per heavy atom. The number of carbonyl (C=O) groups is 1. The highest BCUT2D eigenvalue weighted by atomic mass is 16.1. The molecule has 2 fully saturated rings. The van der Waals surface area contributed by atoms with Gasteiger partial charge in [0, 0.05) is 24.7 Å². The summed E-state index contributed by atoms with van der Waals surface area (Å²) in [7, 11) is 0. The van der Waals surface area contributed by atoms with E-state index in [1.165, 1.54) is 32.1 Å². The molecule has 1 amide bonds. The van der Waals surface area contributed by atoms with Crippen LogP contribution < -0.4 is 10.6 Å². The summed E-state index contributed by atoms with van der Waals surface area (Å²) in [4.78, 5) is 16.4. The molecule has 1 aliphatic carbocycles. The van der Waals surface area contributed by atoms with E-state index in [1.807, 2.05) is 24.3 Å². The lowest BCUT2D eigenvalue weighted by Crippen LogP contribution is -2.60. The minimum atomic E-state index is -0.0906. The van der Waals surface area contributed by atoms with Crippen LogP contribution >= 0.6 is 0 Å². The van der Waals surface area contributed by atoms with Gasteiger partial charge >= 0.3 is 0 Å². The molecule has 2 N–H and O–H groups in total. The Balaban J connectivity index is 1.53. The molecule has 1 saturated carbocycles. The van der Waals surface area contributed by atoms with Crippen molar-refractivity contribution in [2.75, 3.05) is 13.1 Å². The number of amides is 1.